The van der Waals surface area contributed by atoms with E-state index < -0.39 is 23.7 Å². The quantitative estimate of drug-likeness (QED) is 0.261. The number of carbonyl (C=O) groups excluding carboxylic acids is 1. The van der Waals surface area contributed by atoms with Crippen LogP contribution in [0.1, 0.15) is 37.9 Å². The van der Waals surface area contributed by atoms with Crippen molar-refractivity contribution in [2.24, 2.45) is 0 Å². The van der Waals surface area contributed by atoms with Gasteiger partial charge in [-0.15, -0.1) is 0 Å². The molecule has 0 saturated carbocycles. The summed E-state index contributed by atoms with van der Waals surface area (Å²) in [5.74, 6) is 0.217. The first-order chi connectivity index (χ1) is 16.6. The maximum atomic E-state index is 13.5. The predicted molar refractivity (Wildman–Crippen MR) is 144 cm³/mol. The Balaban J connectivity index is 2.01. The fraction of sp³-hybridized carbons (Fsp3) is 0.296. The highest BCUT2D eigenvalue weighted by Gasteiger charge is 2.35. The summed E-state index contributed by atoms with van der Waals surface area (Å²) >= 11 is 16.2. The molecule has 0 fully saturated rings. The Bertz CT molecular complexity index is 1130. The van der Waals surface area contributed by atoms with Crippen LogP contribution in [-0.4, -0.2) is 24.8 Å². The first-order valence-corrected chi connectivity index (χ1v) is 12.6. The van der Waals surface area contributed by atoms with Crippen molar-refractivity contribution in [2.75, 3.05) is 12.4 Å². The summed E-state index contributed by atoms with van der Waals surface area (Å²) in [6.07, 6.45) is -1.02. The van der Waals surface area contributed by atoms with Crippen LogP contribution in [0, 0.1) is 0 Å². The lowest BCUT2D eigenvalue weighted by molar-refractivity contribution is -0.170. The fourth-order valence-corrected chi connectivity index (χ4v) is 4.33. The molecule has 0 radical (unpaired) electrons. The molecule has 0 aliphatic rings. The van der Waals surface area contributed by atoms with Crippen molar-refractivity contribution in [2.45, 2.75) is 45.1 Å². The van der Waals surface area contributed by atoms with E-state index in [1.165, 1.54) is 0 Å². The zero-order valence-electron chi connectivity index (χ0n) is 20.0. The van der Waals surface area contributed by atoms with E-state index in [9.17, 15) is 4.79 Å². The molecule has 3 aromatic rings. The fourth-order valence-electron chi connectivity index (χ4n) is 3.40. The third kappa shape index (κ3) is 7.87. The highest BCUT2D eigenvalue weighted by Crippen LogP contribution is 2.32. The number of esters is 1. The van der Waals surface area contributed by atoms with Gasteiger partial charge in [0.15, 0.2) is 6.10 Å². The molecule has 1 N–H and O–H groups in total. The summed E-state index contributed by atoms with van der Waals surface area (Å²) in [7, 11) is 1.61. The first-order valence-electron chi connectivity index (χ1n) is 11.0. The molecule has 0 aliphatic heterocycles. The molecule has 8 heteroatoms. The minimum absolute atomic E-state index is 0.0250. The minimum atomic E-state index is -1.02. The summed E-state index contributed by atoms with van der Waals surface area (Å²) in [5, 5.41) is 4.36. The van der Waals surface area contributed by atoms with Crippen LogP contribution in [0.3, 0.4) is 0 Å². The monoisotopic (exact) mass is 579 g/mol. The number of ether oxygens (including phenoxy) is 3. The van der Waals surface area contributed by atoms with Crippen molar-refractivity contribution in [3.8, 4) is 5.75 Å². The number of carbonyl (C=O) groups is 1. The number of hydrogen-bond acceptors (Lipinski definition) is 5. The average Bonchev–Trinajstić information content (AvgIpc) is 2.79. The summed E-state index contributed by atoms with van der Waals surface area (Å²) in [5.41, 5.74) is 1.50. The Labute approximate surface area is 224 Å². The van der Waals surface area contributed by atoms with Crippen LogP contribution in [0.2, 0.25) is 10.0 Å². The number of rotatable bonds is 9. The van der Waals surface area contributed by atoms with E-state index in [-0.39, 0.29) is 6.61 Å². The molecule has 0 amide bonds. The molecule has 35 heavy (non-hydrogen) atoms. The number of methoxy groups -OCH3 is 1. The molecule has 0 spiro atoms. The van der Waals surface area contributed by atoms with E-state index in [2.05, 4.69) is 21.2 Å². The number of benzene rings is 3. The van der Waals surface area contributed by atoms with Crippen molar-refractivity contribution < 1.29 is 19.0 Å². The van der Waals surface area contributed by atoms with Gasteiger partial charge < -0.3 is 19.5 Å². The van der Waals surface area contributed by atoms with Crippen LogP contribution in [0.15, 0.2) is 71.2 Å². The van der Waals surface area contributed by atoms with Crippen LogP contribution in [0.5, 0.6) is 5.75 Å². The topological polar surface area (TPSA) is 56.8 Å². The third-order valence-electron chi connectivity index (χ3n) is 5.03. The SMILES string of the molecule is COc1ccc(N[C@H](c2cccc(Br)c2)[C@H](OCc2c(Cl)cccc2Cl)C(=O)OC(C)(C)C)cc1. The average molecular weight is 581 g/mol. The van der Waals surface area contributed by atoms with Gasteiger partial charge in [-0.05, 0) is 74.9 Å². The van der Waals surface area contributed by atoms with Crippen molar-refractivity contribution in [1.82, 2.24) is 0 Å². The molecule has 0 aliphatic carbocycles. The van der Waals surface area contributed by atoms with Crippen LogP contribution in [-0.2, 0) is 20.9 Å². The van der Waals surface area contributed by atoms with Gasteiger partial charge in [0.05, 0.1) is 19.8 Å². The molecular formula is C27H28BrCl2NO4. The molecule has 0 unspecified atom stereocenters. The van der Waals surface area contributed by atoms with Gasteiger partial charge in [-0.3, -0.25) is 0 Å². The Kier molecular flexibility index (Phi) is 9.47. The Morgan fingerprint density at radius 1 is 1.00 bits per heavy atom. The van der Waals surface area contributed by atoms with Crippen molar-refractivity contribution in [3.05, 3.63) is 92.4 Å². The molecule has 3 rings (SSSR count). The van der Waals surface area contributed by atoms with Gasteiger partial charge >= 0.3 is 5.97 Å². The predicted octanol–water partition coefficient (Wildman–Crippen LogP) is 7.84. The largest absolute Gasteiger partial charge is 0.497 e. The second-order valence-corrected chi connectivity index (χ2v) is 10.6. The Hall–Kier alpha value is -2.25. The summed E-state index contributed by atoms with van der Waals surface area (Å²) < 4.78 is 18.1. The summed E-state index contributed by atoms with van der Waals surface area (Å²) in [4.78, 5) is 13.5. The molecule has 186 valence electrons. The highest BCUT2D eigenvalue weighted by molar-refractivity contribution is 9.10. The third-order valence-corrected chi connectivity index (χ3v) is 6.23. The van der Waals surface area contributed by atoms with Crippen LogP contribution in [0.4, 0.5) is 5.69 Å². The molecule has 3 aromatic carbocycles. The van der Waals surface area contributed by atoms with Crippen molar-refractivity contribution >= 4 is 50.8 Å². The van der Waals surface area contributed by atoms with E-state index in [1.807, 2.05) is 69.3 Å². The van der Waals surface area contributed by atoms with E-state index in [0.29, 0.717) is 15.6 Å². The molecular weight excluding hydrogens is 553 g/mol. The number of anilines is 1. The van der Waals surface area contributed by atoms with Gasteiger partial charge in [0.25, 0.3) is 0 Å². The van der Waals surface area contributed by atoms with E-state index in [1.54, 1.807) is 25.3 Å². The number of halogens is 3. The normalized spacial score (nSPS) is 13.1. The molecule has 0 saturated heterocycles. The molecule has 0 bridgehead atoms. The number of hydrogen-bond donors (Lipinski definition) is 1. The van der Waals surface area contributed by atoms with Crippen LogP contribution in [0.25, 0.3) is 0 Å². The van der Waals surface area contributed by atoms with Crippen LogP contribution < -0.4 is 10.1 Å². The van der Waals surface area contributed by atoms with Gasteiger partial charge in [0.2, 0.25) is 0 Å². The zero-order chi connectivity index (χ0) is 25.6. The van der Waals surface area contributed by atoms with E-state index in [4.69, 9.17) is 37.4 Å². The second-order valence-electron chi connectivity index (χ2n) is 8.87. The van der Waals surface area contributed by atoms with E-state index in [0.717, 1.165) is 21.5 Å². The lowest BCUT2D eigenvalue weighted by atomic mass is 10.00. The minimum Gasteiger partial charge on any atom is -0.497 e. The highest BCUT2D eigenvalue weighted by atomic mass is 79.9. The lowest BCUT2D eigenvalue weighted by Crippen LogP contribution is -2.40. The lowest BCUT2D eigenvalue weighted by Gasteiger charge is -2.31. The van der Waals surface area contributed by atoms with Crippen LogP contribution >= 0.6 is 39.1 Å². The summed E-state index contributed by atoms with van der Waals surface area (Å²) in [6.45, 7) is 5.48. The molecule has 2 atom stereocenters. The smallest absolute Gasteiger partial charge is 0.338 e. The second kappa shape index (κ2) is 12.1. The molecule has 5 nitrogen and oxygen atoms in total. The van der Waals surface area contributed by atoms with Gasteiger partial charge in [0.1, 0.15) is 11.4 Å². The van der Waals surface area contributed by atoms with Gasteiger partial charge in [-0.2, -0.15) is 0 Å². The zero-order valence-corrected chi connectivity index (χ0v) is 23.1. The number of nitrogens with one attached hydrogen (secondary N) is 1. The Morgan fingerprint density at radius 3 is 2.20 bits per heavy atom. The molecule has 0 aromatic heterocycles. The van der Waals surface area contributed by atoms with E-state index >= 15 is 0 Å². The maximum Gasteiger partial charge on any atom is 0.338 e. The Morgan fingerprint density at radius 2 is 1.63 bits per heavy atom. The summed E-state index contributed by atoms with van der Waals surface area (Å²) in [6, 6.07) is 19.7. The standard InChI is InChI=1S/C27H28BrCl2NO4/c1-27(2,3)35-26(32)25(34-16-21-22(29)9-6-10-23(21)30)24(17-7-5-8-18(28)15-17)31-19-11-13-20(33-4)14-12-19/h5-15,24-25,31H,16H2,1-4H3/t24-,25+/m1/s1. The van der Waals surface area contributed by atoms with Crippen molar-refractivity contribution in [3.63, 3.8) is 0 Å². The molecule has 0 heterocycles. The first kappa shape index (κ1) is 27.3. The maximum absolute atomic E-state index is 13.5. The van der Waals surface area contributed by atoms with Gasteiger partial charge in [-0.25, -0.2) is 4.79 Å². The van der Waals surface area contributed by atoms with Gasteiger partial charge in [-0.1, -0.05) is 57.3 Å². The van der Waals surface area contributed by atoms with Crippen molar-refractivity contribution in [1.29, 1.82) is 0 Å². The van der Waals surface area contributed by atoms with Gasteiger partial charge in [0, 0.05) is 25.8 Å².